The number of carbonyl (C=O) groups is 1. The Hall–Kier alpha value is -1.88. The molecule has 0 bridgehead atoms. The molecule has 18 heavy (non-hydrogen) atoms. The lowest BCUT2D eigenvalue weighted by Crippen LogP contribution is -2.30. The lowest BCUT2D eigenvalue weighted by molar-refractivity contribution is -0.122. The van der Waals surface area contributed by atoms with Gasteiger partial charge in [-0.25, -0.2) is 4.98 Å². The fraction of sp³-hybridized carbons (Fsp3) is 0.231. The van der Waals surface area contributed by atoms with Gasteiger partial charge in [-0.05, 0) is 26.0 Å². The van der Waals surface area contributed by atoms with Crippen molar-refractivity contribution in [3.05, 3.63) is 41.4 Å². The van der Waals surface area contributed by atoms with E-state index in [-0.39, 0.29) is 5.91 Å². The van der Waals surface area contributed by atoms with Gasteiger partial charge in [0.1, 0.15) is 5.75 Å². The van der Waals surface area contributed by atoms with Crippen molar-refractivity contribution in [1.29, 1.82) is 0 Å². The molecular weight excluding hydrogens is 248 g/mol. The summed E-state index contributed by atoms with van der Waals surface area (Å²) in [6.45, 7) is 3.65. The molecule has 0 radical (unpaired) electrons. The molecule has 1 aromatic heterocycles. The van der Waals surface area contributed by atoms with Crippen LogP contribution in [-0.4, -0.2) is 17.0 Å². The zero-order valence-corrected chi connectivity index (χ0v) is 11.0. The van der Waals surface area contributed by atoms with Crippen molar-refractivity contribution in [2.75, 3.05) is 5.32 Å². The van der Waals surface area contributed by atoms with E-state index >= 15 is 0 Å². The van der Waals surface area contributed by atoms with Crippen molar-refractivity contribution >= 4 is 22.4 Å². The highest BCUT2D eigenvalue weighted by atomic mass is 32.1. The van der Waals surface area contributed by atoms with Gasteiger partial charge in [-0.15, -0.1) is 11.3 Å². The third-order valence-corrected chi connectivity index (χ3v) is 3.10. The standard InChI is InChI=1S/C13H14N2O2S/c1-9-8-14-13(18-9)15-12(16)10(2)17-11-6-4-3-5-7-11/h3-8,10H,1-2H3,(H,14,15,16)/t10-/m1/s1. The summed E-state index contributed by atoms with van der Waals surface area (Å²) >= 11 is 1.44. The summed E-state index contributed by atoms with van der Waals surface area (Å²) in [5.74, 6) is 0.476. The Labute approximate surface area is 110 Å². The van der Waals surface area contributed by atoms with E-state index in [1.165, 1.54) is 11.3 Å². The van der Waals surface area contributed by atoms with E-state index in [0.29, 0.717) is 10.9 Å². The van der Waals surface area contributed by atoms with Crippen molar-refractivity contribution in [3.63, 3.8) is 0 Å². The molecule has 1 atom stereocenters. The summed E-state index contributed by atoms with van der Waals surface area (Å²) < 4.78 is 5.52. The van der Waals surface area contributed by atoms with Crippen molar-refractivity contribution in [3.8, 4) is 5.75 Å². The van der Waals surface area contributed by atoms with Gasteiger partial charge < -0.3 is 4.74 Å². The Morgan fingerprint density at radius 1 is 1.39 bits per heavy atom. The number of hydrogen-bond acceptors (Lipinski definition) is 4. The Kier molecular flexibility index (Phi) is 3.94. The molecule has 0 saturated heterocycles. The summed E-state index contributed by atoms with van der Waals surface area (Å²) in [7, 11) is 0. The molecular formula is C13H14N2O2S. The van der Waals surface area contributed by atoms with E-state index in [4.69, 9.17) is 4.74 Å². The van der Waals surface area contributed by atoms with Crippen LogP contribution in [0.2, 0.25) is 0 Å². The second-order valence-electron chi connectivity index (χ2n) is 3.84. The first-order chi connectivity index (χ1) is 8.65. The van der Waals surface area contributed by atoms with Gasteiger partial charge in [0, 0.05) is 11.1 Å². The van der Waals surface area contributed by atoms with Gasteiger partial charge in [-0.1, -0.05) is 18.2 Å². The number of ether oxygens (including phenoxy) is 1. The van der Waals surface area contributed by atoms with Crippen LogP contribution in [0, 0.1) is 6.92 Å². The van der Waals surface area contributed by atoms with E-state index in [9.17, 15) is 4.79 Å². The van der Waals surface area contributed by atoms with Crippen LogP contribution in [0.15, 0.2) is 36.5 Å². The number of rotatable bonds is 4. The first-order valence-electron chi connectivity index (χ1n) is 5.60. The number of benzene rings is 1. The molecule has 0 aliphatic heterocycles. The Balaban J connectivity index is 1.93. The second kappa shape index (κ2) is 5.64. The molecule has 94 valence electrons. The van der Waals surface area contributed by atoms with E-state index in [0.717, 1.165) is 4.88 Å². The minimum atomic E-state index is -0.559. The highest BCUT2D eigenvalue weighted by molar-refractivity contribution is 7.15. The number of amides is 1. The third-order valence-electron chi connectivity index (χ3n) is 2.28. The molecule has 1 amide bonds. The summed E-state index contributed by atoms with van der Waals surface area (Å²) in [4.78, 5) is 17.0. The largest absolute Gasteiger partial charge is 0.481 e. The zero-order chi connectivity index (χ0) is 13.0. The van der Waals surface area contributed by atoms with Gasteiger partial charge in [0.05, 0.1) is 0 Å². The van der Waals surface area contributed by atoms with Gasteiger partial charge in [0.2, 0.25) is 0 Å². The monoisotopic (exact) mass is 262 g/mol. The number of carbonyl (C=O) groups excluding carboxylic acids is 1. The molecule has 0 aliphatic carbocycles. The number of anilines is 1. The van der Waals surface area contributed by atoms with Crippen LogP contribution in [-0.2, 0) is 4.79 Å². The molecule has 1 N–H and O–H groups in total. The fourth-order valence-corrected chi connectivity index (χ4v) is 2.04. The van der Waals surface area contributed by atoms with Crippen molar-refractivity contribution in [2.24, 2.45) is 0 Å². The molecule has 0 unspecified atom stereocenters. The van der Waals surface area contributed by atoms with Crippen LogP contribution in [0.5, 0.6) is 5.75 Å². The number of para-hydroxylation sites is 1. The van der Waals surface area contributed by atoms with E-state index < -0.39 is 6.10 Å². The zero-order valence-electron chi connectivity index (χ0n) is 10.2. The van der Waals surface area contributed by atoms with Crippen molar-refractivity contribution in [2.45, 2.75) is 20.0 Å². The van der Waals surface area contributed by atoms with E-state index in [1.807, 2.05) is 37.3 Å². The molecule has 1 aromatic carbocycles. The van der Waals surface area contributed by atoms with Gasteiger partial charge >= 0.3 is 0 Å². The predicted molar refractivity (Wildman–Crippen MR) is 72.0 cm³/mol. The topological polar surface area (TPSA) is 51.2 Å². The number of thiazole rings is 1. The predicted octanol–water partition coefficient (Wildman–Crippen LogP) is 2.86. The second-order valence-corrected chi connectivity index (χ2v) is 5.07. The Morgan fingerprint density at radius 3 is 2.72 bits per heavy atom. The molecule has 2 rings (SSSR count). The van der Waals surface area contributed by atoms with Crippen LogP contribution >= 0.6 is 11.3 Å². The summed E-state index contributed by atoms with van der Waals surface area (Å²) in [5.41, 5.74) is 0. The van der Waals surface area contributed by atoms with Crippen LogP contribution < -0.4 is 10.1 Å². The van der Waals surface area contributed by atoms with Gasteiger partial charge in [0.25, 0.3) is 5.91 Å². The molecule has 4 nitrogen and oxygen atoms in total. The van der Waals surface area contributed by atoms with Crippen LogP contribution in [0.3, 0.4) is 0 Å². The first-order valence-corrected chi connectivity index (χ1v) is 6.42. The number of hydrogen-bond donors (Lipinski definition) is 1. The molecule has 0 spiro atoms. The van der Waals surface area contributed by atoms with Crippen LogP contribution in [0.25, 0.3) is 0 Å². The first kappa shape index (κ1) is 12.6. The normalized spacial score (nSPS) is 11.9. The molecule has 0 fully saturated rings. The summed E-state index contributed by atoms with van der Waals surface area (Å²) in [5, 5.41) is 3.32. The maximum Gasteiger partial charge on any atom is 0.266 e. The average Bonchev–Trinajstić information content (AvgIpc) is 2.76. The van der Waals surface area contributed by atoms with Crippen LogP contribution in [0.1, 0.15) is 11.8 Å². The van der Waals surface area contributed by atoms with Crippen molar-refractivity contribution < 1.29 is 9.53 Å². The highest BCUT2D eigenvalue weighted by Crippen LogP contribution is 2.17. The number of nitrogens with one attached hydrogen (secondary N) is 1. The SMILES string of the molecule is Cc1cnc(NC(=O)[C@@H](C)Oc2ccccc2)s1. The van der Waals surface area contributed by atoms with Gasteiger partial charge in [-0.3, -0.25) is 10.1 Å². The third kappa shape index (κ3) is 3.30. The minimum Gasteiger partial charge on any atom is -0.481 e. The molecule has 2 aromatic rings. The maximum atomic E-state index is 11.9. The van der Waals surface area contributed by atoms with Gasteiger partial charge in [0.15, 0.2) is 11.2 Å². The average molecular weight is 262 g/mol. The van der Waals surface area contributed by atoms with Gasteiger partial charge in [-0.2, -0.15) is 0 Å². The Bertz CT molecular complexity index is 525. The summed E-state index contributed by atoms with van der Waals surface area (Å²) in [6, 6.07) is 9.26. The number of aryl methyl sites for hydroxylation is 1. The molecule has 1 heterocycles. The minimum absolute atomic E-state index is 0.201. The lowest BCUT2D eigenvalue weighted by atomic mass is 10.3. The maximum absolute atomic E-state index is 11.9. The molecule has 0 aliphatic rings. The van der Waals surface area contributed by atoms with Crippen LogP contribution in [0.4, 0.5) is 5.13 Å². The van der Waals surface area contributed by atoms with Crippen molar-refractivity contribution in [1.82, 2.24) is 4.98 Å². The van der Waals surface area contributed by atoms with E-state index in [1.54, 1.807) is 13.1 Å². The number of nitrogens with zero attached hydrogens (tertiary/aromatic N) is 1. The smallest absolute Gasteiger partial charge is 0.266 e. The number of aromatic nitrogens is 1. The summed E-state index contributed by atoms with van der Waals surface area (Å²) in [6.07, 6.45) is 1.17. The van der Waals surface area contributed by atoms with E-state index in [2.05, 4.69) is 10.3 Å². The fourth-order valence-electron chi connectivity index (χ4n) is 1.38. The highest BCUT2D eigenvalue weighted by Gasteiger charge is 2.15. The molecule has 0 saturated carbocycles. The Morgan fingerprint density at radius 2 is 2.11 bits per heavy atom. The quantitative estimate of drug-likeness (QED) is 0.921. The molecule has 5 heteroatoms. The lowest BCUT2D eigenvalue weighted by Gasteiger charge is -2.13.